The fourth-order valence-corrected chi connectivity index (χ4v) is 9.47. The van der Waals surface area contributed by atoms with Crippen LogP contribution in [0.2, 0.25) is 0 Å². The molecule has 1 fully saturated rings. The molecule has 10 nitrogen and oxygen atoms in total. The Morgan fingerprint density at radius 3 is 1.09 bits per heavy atom. The fourth-order valence-electron chi connectivity index (χ4n) is 9.47. The first-order valence-electron chi connectivity index (χ1n) is 28.3. The van der Waals surface area contributed by atoms with Crippen LogP contribution in [0.5, 0.6) is 0 Å². The highest BCUT2D eigenvalue weighted by Crippen LogP contribution is 2.23. The summed E-state index contributed by atoms with van der Waals surface area (Å²) in [5.41, 5.74) is 0. The van der Waals surface area contributed by atoms with Gasteiger partial charge in [-0.2, -0.15) is 0 Å². The molecule has 0 bridgehead atoms. The van der Waals surface area contributed by atoms with Gasteiger partial charge in [0.1, 0.15) is 30.5 Å². The lowest BCUT2D eigenvalue weighted by Crippen LogP contribution is -2.60. The summed E-state index contributed by atoms with van der Waals surface area (Å²) in [4.78, 5) is 13.1. The summed E-state index contributed by atoms with van der Waals surface area (Å²) in [7, 11) is 0. The molecule has 0 saturated carbocycles. The maximum Gasteiger partial charge on any atom is 0.249 e. The Balaban J connectivity index is 2.14. The van der Waals surface area contributed by atoms with Gasteiger partial charge in [0.25, 0.3) is 0 Å². The molecule has 10 heteroatoms. The molecule has 1 heterocycles. The number of carbonyl (C=O) groups is 1. The van der Waals surface area contributed by atoms with Crippen LogP contribution in [0.15, 0.2) is 0 Å². The number of aliphatic hydroxyl groups excluding tert-OH is 6. The minimum absolute atomic E-state index is 0.250. The summed E-state index contributed by atoms with van der Waals surface area (Å²) in [6.45, 7) is 3.69. The zero-order valence-corrected chi connectivity index (χ0v) is 42.6. The number of carbonyl (C=O) groups excluding carboxylic acids is 1. The van der Waals surface area contributed by atoms with Crippen molar-refractivity contribution in [2.45, 2.75) is 332 Å². The molecule has 7 N–H and O–H groups in total. The van der Waals surface area contributed by atoms with E-state index in [1.54, 1.807) is 0 Å². The summed E-state index contributed by atoms with van der Waals surface area (Å²) < 4.78 is 11.2. The number of amides is 1. The predicted molar refractivity (Wildman–Crippen MR) is 269 cm³/mol. The lowest BCUT2D eigenvalue weighted by atomic mass is 9.99. The van der Waals surface area contributed by atoms with Crippen LogP contribution in [0.25, 0.3) is 0 Å². The van der Waals surface area contributed by atoms with Crippen molar-refractivity contribution < 1.29 is 44.9 Å². The molecule has 1 saturated heterocycles. The van der Waals surface area contributed by atoms with Gasteiger partial charge in [-0.05, 0) is 12.8 Å². The Bertz CT molecular complexity index is 1000. The molecule has 1 amide bonds. The first kappa shape index (κ1) is 62.2. The molecule has 8 atom stereocenters. The molecule has 1 aliphatic rings. The van der Waals surface area contributed by atoms with E-state index in [1.807, 2.05) is 0 Å². The van der Waals surface area contributed by atoms with E-state index in [0.717, 1.165) is 44.9 Å². The smallest absolute Gasteiger partial charge is 0.249 e. The highest BCUT2D eigenvalue weighted by Gasteiger charge is 2.44. The first-order valence-corrected chi connectivity index (χ1v) is 28.3. The Labute approximate surface area is 400 Å². The molecule has 0 aromatic heterocycles. The van der Waals surface area contributed by atoms with Crippen molar-refractivity contribution in [2.24, 2.45) is 0 Å². The molecule has 8 unspecified atom stereocenters. The van der Waals surface area contributed by atoms with Crippen LogP contribution < -0.4 is 5.32 Å². The van der Waals surface area contributed by atoms with Gasteiger partial charge in [-0.1, -0.05) is 271 Å². The Morgan fingerprint density at radius 2 is 0.769 bits per heavy atom. The maximum absolute atomic E-state index is 13.1. The van der Waals surface area contributed by atoms with Crippen LogP contribution in [0.3, 0.4) is 0 Å². The van der Waals surface area contributed by atoms with Crippen molar-refractivity contribution >= 4 is 5.91 Å². The third kappa shape index (κ3) is 35.0. The van der Waals surface area contributed by atoms with Gasteiger partial charge in [0.15, 0.2) is 6.29 Å². The van der Waals surface area contributed by atoms with Crippen LogP contribution in [0.4, 0.5) is 0 Å². The van der Waals surface area contributed by atoms with Crippen molar-refractivity contribution in [3.63, 3.8) is 0 Å². The predicted octanol–water partition coefficient (Wildman–Crippen LogP) is 12.4. The molecule has 1 aliphatic heterocycles. The van der Waals surface area contributed by atoms with E-state index in [0.29, 0.717) is 12.8 Å². The highest BCUT2D eigenvalue weighted by atomic mass is 16.7. The van der Waals surface area contributed by atoms with Gasteiger partial charge in [-0.3, -0.25) is 4.79 Å². The lowest BCUT2D eigenvalue weighted by molar-refractivity contribution is -0.302. The molecule has 0 aromatic rings. The monoisotopic (exact) mass is 928 g/mol. The maximum atomic E-state index is 13.1. The van der Waals surface area contributed by atoms with Crippen LogP contribution >= 0.6 is 0 Å². The topological polar surface area (TPSA) is 169 Å². The van der Waals surface area contributed by atoms with Crippen LogP contribution in [-0.2, 0) is 14.3 Å². The van der Waals surface area contributed by atoms with Crippen LogP contribution in [-0.4, -0.2) is 98.7 Å². The van der Waals surface area contributed by atoms with E-state index in [1.165, 1.54) is 212 Å². The Hall–Kier alpha value is -0.850. The molecule has 0 aromatic carbocycles. The summed E-state index contributed by atoms with van der Waals surface area (Å²) in [5, 5.41) is 65.0. The molecule has 388 valence electrons. The quantitative estimate of drug-likeness (QED) is 0.0294. The second kappa shape index (κ2) is 45.6. The second-order valence-corrected chi connectivity index (χ2v) is 20.2. The SMILES string of the molecule is CCCCCCCCCCCCCCCCCCCCCCCCCCCCCCCC(O)C(=O)NC(COC1OC(CO)C(O)C(O)C1O)C(O)CCCCCCCCCCCCC. The lowest BCUT2D eigenvalue weighted by Gasteiger charge is -2.40. The zero-order chi connectivity index (χ0) is 47.4. The molecular weight excluding hydrogens is 819 g/mol. The minimum Gasteiger partial charge on any atom is -0.394 e. The normalized spacial score (nSPS) is 20.3. The van der Waals surface area contributed by atoms with Gasteiger partial charge in [-0.15, -0.1) is 0 Å². The van der Waals surface area contributed by atoms with Crippen molar-refractivity contribution in [2.75, 3.05) is 13.2 Å². The van der Waals surface area contributed by atoms with Crippen molar-refractivity contribution in [3.05, 3.63) is 0 Å². The van der Waals surface area contributed by atoms with Crippen molar-refractivity contribution in [1.82, 2.24) is 5.32 Å². The minimum atomic E-state index is -1.59. The summed E-state index contributed by atoms with van der Waals surface area (Å²) in [5.74, 6) is -0.578. The molecule has 0 spiro atoms. The van der Waals surface area contributed by atoms with E-state index in [-0.39, 0.29) is 6.61 Å². The third-order valence-electron chi connectivity index (χ3n) is 14.1. The number of unbranched alkanes of at least 4 members (excludes halogenated alkanes) is 38. The number of hydrogen-bond acceptors (Lipinski definition) is 9. The van der Waals surface area contributed by atoms with Gasteiger partial charge in [0.2, 0.25) is 5.91 Å². The molecule has 1 rings (SSSR count). The van der Waals surface area contributed by atoms with Crippen molar-refractivity contribution in [1.29, 1.82) is 0 Å². The number of ether oxygens (including phenoxy) is 2. The van der Waals surface area contributed by atoms with E-state index in [9.17, 15) is 35.4 Å². The van der Waals surface area contributed by atoms with Gasteiger partial charge < -0.3 is 45.4 Å². The van der Waals surface area contributed by atoms with Gasteiger partial charge in [0.05, 0.1) is 25.4 Å². The van der Waals surface area contributed by atoms with Gasteiger partial charge in [0, 0.05) is 0 Å². The average Bonchev–Trinajstić information content (AvgIpc) is 3.31. The number of rotatable bonds is 49. The molecular formula is C55H109NO9. The van der Waals surface area contributed by atoms with E-state index in [4.69, 9.17) is 9.47 Å². The Morgan fingerprint density at radius 1 is 0.462 bits per heavy atom. The van der Waals surface area contributed by atoms with Gasteiger partial charge >= 0.3 is 0 Å². The Kier molecular flexibility index (Phi) is 43.6. The fraction of sp³-hybridized carbons (Fsp3) is 0.982. The van der Waals surface area contributed by atoms with Crippen molar-refractivity contribution in [3.8, 4) is 0 Å². The molecule has 0 aliphatic carbocycles. The standard InChI is InChI=1S/C55H109NO9/c1-3-5-7-9-11-13-15-16-17-18-19-20-21-22-23-24-25-26-27-28-29-30-31-32-34-36-38-40-42-44-49(59)54(63)56-47(46-64-55-53(62)52(61)51(60)50(45-57)65-55)48(58)43-41-39-37-35-33-14-12-10-8-6-4-2/h47-53,55,57-62H,3-46H2,1-2H3,(H,56,63). The third-order valence-corrected chi connectivity index (χ3v) is 14.1. The van der Waals surface area contributed by atoms with E-state index >= 15 is 0 Å². The average molecular weight is 928 g/mol. The first-order chi connectivity index (χ1) is 31.8. The van der Waals surface area contributed by atoms with E-state index < -0.39 is 61.5 Å². The highest BCUT2D eigenvalue weighted by molar-refractivity contribution is 5.80. The summed E-state index contributed by atoms with van der Waals surface area (Å²) in [6, 6.07) is -0.888. The largest absolute Gasteiger partial charge is 0.394 e. The summed E-state index contributed by atoms with van der Waals surface area (Å²) in [6.07, 6.45) is 43.3. The second-order valence-electron chi connectivity index (χ2n) is 20.2. The van der Waals surface area contributed by atoms with Crippen LogP contribution in [0.1, 0.15) is 284 Å². The van der Waals surface area contributed by atoms with Crippen LogP contribution in [0, 0.1) is 0 Å². The molecule has 0 radical (unpaired) electrons. The zero-order valence-electron chi connectivity index (χ0n) is 42.6. The van der Waals surface area contributed by atoms with E-state index in [2.05, 4.69) is 19.2 Å². The number of hydrogen-bond donors (Lipinski definition) is 7. The number of aliphatic hydroxyl groups is 6. The number of nitrogens with one attached hydrogen (secondary N) is 1. The molecule has 65 heavy (non-hydrogen) atoms. The summed E-state index contributed by atoms with van der Waals surface area (Å²) >= 11 is 0. The van der Waals surface area contributed by atoms with Gasteiger partial charge in [-0.25, -0.2) is 0 Å².